The van der Waals surface area contributed by atoms with E-state index in [1.54, 1.807) is 11.7 Å². The van der Waals surface area contributed by atoms with Crippen molar-refractivity contribution < 1.29 is 24.2 Å². The van der Waals surface area contributed by atoms with Crippen LogP contribution in [0, 0.1) is 20.8 Å². The van der Waals surface area contributed by atoms with Gasteiger partial charge in [0.25, 0.3) is 5.91 Å². The molecule has 0 radical (unpaired) electrons. The zero-order valence-electron chi connectivity index (χ0n) is 25.2. The van der Waals surface area contributed by atoms with E-state index in [4.69, 9.17) is 19.2 Å². The van der Waals surface area contributed by atoms with Gasteiger partial charge in [-0.05, 0) is 62.9 Å². The molecular formula is C31H36N6O6. The first kappa shape index (κ1) is 29.6. The number of hydrogen-bond acceptors (Lipinski definition) is 8. The number of hydrogen-bond donors (Lipinski definition) is 2. The molecule has 12 nitrogen and oxygen atoms in total. The van der Waals surface area contributed by atoms with Gasteiger partial charge in [-0.25, -0.2) is 14.9 Å². The molecule has 226 valence electrons. The third-order valence-electron chi connectivity index (χ3n) is 7.53. The molecule has 1 amide bonds. The molecule has 1 aliphatic heterocycles. The molecule has 3 heterocycles. The highest BCUT2D eigenvalue weighted by Crippen LogP contribution is 2.38. The number of aromatic nitrogens is 4. The molecule has 2 aromatic carbocycles. The minimum Gasteiger partial charge on any atom is -0.493 e. The van der Waals surface area contributed by atoms with Gasteiger partial charge in [0.05, 0.1) is 38.8 Å². The summed E-state index contributed by atoms with van der Waals surface area (Å²) in [4.78, 5) is 32.0. The molecule has 0 aliphatic carbocycles. The maximum atomic E-state index is 14.1. The molecule has 0 fully saturated rings. The van der Waals surface area contributed by atoms with Crippen molar-refractivity contribution >= 4 is 11.6 Å². The van der Waals surface area contributed by atoms with E-state index >= 15 is 0 Å². The molecule has 0 spiro atoms. The van der Waals surface area contributed by atoms with Crippen LogP contribution >= 0.6 is 0 Å². The van der Waals surface area contributed by atoms with E-state index in [0.29, 0.717) is 47.3 Å². The lowest BCUT2D eigenvalue weighted by atomic mass is 9.97. The maximum absolute atomic E-state index is 14.1. The van der Waals surface area contributed by atoms with Crippen LogP contribution < -0.4 is 25.4 Å². The normalized spacial score (nSPS) is 12.5. The lowest BCUT2D eigenvalue weighted by molar-refractivity contribution is -0.0604. The molecule has 0 saturated heterocycles. The number of carbonyl (C=O) groups is 1. The lowest BCUT2D eigenvalue weighted by Crippen LogP contribution is -2.44. The summed E-state index contributed by atoms with van der Waals surface area (Å²) in [6, 6.07) is 9.83. The molecule has 0 saturated carbocycles. The van der Waals surface area contributed by atoms with E-state index in [1.807, 2.05) is 58.0 Å². The van der Waals surface area contributed by atoms with Crippen molar-refractivity contribution in [2.24, 2.45) is 4.99 Å². The Labute approximate surface area is 248 Å². The first-order chi connectivity index (χ1) is 20.7. The van der Waals surface area contributed by atoms with Gasteiger partial charge < -0.3 is 14.2 Å². The van der Waals surface area contributed by atoms with Crippen LogP contribution in [0.2, 0.25) is 0 Å². The SMILES string of the molecule is CCOc1cc2c(cc1OC)-c1c/c(=N\c3c(C)cc(C)cc3C)n(CCN(O)C(=O)c3c[nH]nc3OC)c(=O)n1CC2. The Hall–Kier alpha value is -4.84. The van der Waals surface area contributed by atoms with Crippen LogP contribution in [0.3, 0.4) is 0 Å². The molecule has 2 aromatic heterocycles. The first-order valence-electron chi connectivity index (χ1n) is 14.1. The molecule has 12 heteroatoms. The predicted octanol–water partition coefficient (Wildman–Crippen LogP) is 3.70. The highest BCUT2D eigenvalue weighted by molar-refractivity contribution is 5.95. The summed E-state index contributed by atoms with van der Waals surface area (Å²) in [5, 5.41) is 17.6. The first-order valence-corrected chi connectivity index (χ1v) is 14.1. The van der Waals surface area contributed by atoms with Crippen LogP contribution in [0.1, 0.15) is 39.5 Å². The van der Waals surface area contributed by atoms with Crippen LogP contribution in [0.25, 0.3) is 11.3 Å². The highest BCUT2D eigenvalue weighted by atomic mass is 16.5. The number of rotatable bonds is 9. The number of H-pyrrole nitrogens is 1. The Bertz CT molecular complexity index is 1800. The smallest absolute Gasteiger partial charge is 0.330 e. The van der Waals surface area contributed by atoms with Gasteiger partial charge in [-0.2, -0.15) is 0 Å². The van der Waals surface area contributed by atoms with E-state index in [9.17, 15) is 14.8 Å². The lowest BCUT2D eigenvalue weighted by Gasteiger charge is -2.25. The summed E-state index contributed by atoms with van der Waals surface area (Å²) in [7, 11) is 2.97. The number of fused-ring (bicyclic) bond motifs is 3. The number of methoxy groups -OCH3 is 2. The Morgan fingerprint density at radius 2 is 1.84 bits per heavy atom. The second-order valence-corrected chi connectivity index (χ2v) is 10.4. The fraction of sp³-hybridized carbons (Fsp3) is 0.355. The van der Waals surface area contributed by atoms with Gasteiger partial charge in [0, 0.05) is 30.9 Å². The van der Waals surface area contributed by atoms with Gasteiger partial charge in [0.2, 0.25) is 5.88 Å². The average Bonchev–Trinajstić information content (AvgIpc) is 3.46. The average molecular weight is 589 g/mol. The van der Waals surface area contributed by atoms with Gasteiger partial charge >= 0.3 is 5.69 Å². The zero-order chi connectivity index (χ0) is 30.8. The van der Waals surface area contributed by atoms with Crippen molar-refractivity contribution in [3.05, 3.63) is 80.3 Å². The van der Waals surface area contributed by atoms with Gasteiger partial charge in [0.1, 0.15) is 11.1 Å². The molecule has 0 unspecified atom stereocenters. The predicted molar refractivity (Wildman–Crippen MR) is 159 cm³/mol. The van der Waals surface area contributed by atoms with Crippen LogP contribution in [0.15, 0.2) is 46.3 Å². The zero-order valence-corrected chi connectivity index (χ0v) is 25.2. The molecule has 1 aliphatic rings. The summed E-state index contributed by atoms with van der Waals surface area (Å²) in [5.74, 6) is 0.585. The number of carbonyl (C=O) groups excluding carboxylic acids is 1. The van der Waals surface area contributed by atoms with Crippen molar-refractivity contribution in [2.75, 3.05) is 27.4 Å². The van der Waals surface area contributed by atoms with Crippen molar-refractivity contribution in [1.82, 2.24) is 24.4 Å². The second-order valence-electron chi connectivity index (χ2n) is 10.4. The third-order valence-corrected chi connectivity index (χ3v) is 7.53. The molecular weight excluding hydrogens is 552 g/mol. The number of ether oxygens (including phenoxy) is 3. The minimum atomic E-state index is -0.709. The van der Waals surface area contributed by atoms with Crippen molar-refractivity contribution in [3.63, 3.8) is 0 Å². The number of aromatic amines is 1. The molecule has 4 aromatic rings. The van der Waals surface area contributed by atoms with E-state index in [0.717, 1.165) is 33.5 Å². The van der Waals surface area contributed by atoms with Crippen molar-refractivity contribution in [2.45, 2.75) is 47.2 Å². The number of nitrogens with one attached hydrogen (secondary N) is 1. The third kappa shape index (κ3) is 5.65. The number of aryl methyl sites for hydroxylation is 4. The van der Waals surface area contributed by atoms with Crippen LogP contribution in [-0.4, -0.2) is 62.9 Å². The Morgan fingerprint density at radius 3 is 2.51 bits per heavy atom. The van der Waals surface area contributed by atoms with E-state index in [1.165, 1.54) is 17.9 Å². The van der Waals surface area contributed by atoms with Gasteiger partial charge in [0.15, 0.2) is 11.5 Å². The largest absolute Gasteiger partial charge is 0.493 e. The number of nitrogens with zero attached hydrogens (tertiary/aromatic N) is 5. The van der Waals surface area contributed by atoms with Crippen LogP contribution in [0.5, 0.6) is 17.4 Å². The summed E-state index contributed by atoms with van der Waals surface area (Å²) >= 11 is 0. The van der Waals surface area contributed by atoms with Crippen LogP contribution in [-0.2, 0) is 19.5 Å². The number of hydroxylamine groups is 2. The minimum absolute atomic E-state index is 0.0102. The Kier molecular flexibility index (Phi) is 8.40. The Balaban J connectivity index is 1.64. The summed E-state index contributed by atoms with van der Waals surface area (Å²) < 4.78 is 19.7. The summed E-state index contributed by atoms with van der Waals surface area (Å²) in [6.45, 7) is 8.66. The van der Waals surface area contributed by atoms with E-state index in [2.05, 4.69) is 10.2 Å². The topological polar surface area (TPSA) is 136 Å². The second kappa shape index (κ2) is 12.2. The fourth-order valence-corrected chi connectivity index (χ4v) is 5.56. The summed E-state index contributed by atoms with van der Waals surface area (Å²) in [6.07, 6.45) is 1.96. The summed E-state index contributed by atoms with van der Waals surface area (Å²) in [5.41, 5.74) is 6.56. The molecule has 0 atom stereocenters. The number of benzene rings is 2. The van der Waals surface area contributed by atoms with Crippen LogP contribution in [0.4, 0.5) is 5.69 Å². The fourth-order valence-electron chi connectivity index (χ4n) is 5.56. The van der Waals surface area contributed by atoms with Gasteiger partial charge in [-0.1, -0.05) is 17.7 Å². The van der Waals surface area contributed by atoms with Gasteiger partial charge in [-0.15, -0.1) is 5.10 Å². The molecule has 0 bridgehead atoms. The monoisotopic (exact) mass is 588 g/mol. The quantitative estimate of drug-likeness (QED) is 0.225. The van der Waals surface area contributed by atoms with Crippen molar-refractivity contribution in [1.29, 1.82) is 0 Å². The molecule has 43 heavy (non-hydrogen) atoms. The maximum Gasteiger partial charge on any atom is 0.330 e. The van der Waals surface area contributed by atoms with Gasteiger partial charge in [-0.3, -0.25) is 24.2 Å². The molecule has 5 rings (SSSR count). The standard InChI is InChI=1S/C31H36N6O6/c1-7-43-26-14-21-8-9-35-24(22(21)15-25(26)41-5)16-27(33-28-19(3)12-18(2)13-20(28)4)36(31(35)39)10-11-37(40)30(38)23-17-32-34-29(23)42-6/h12-17,40H,7-11H2,1-6H3,(H,32,34)/b33-27+. The highest BCUT2D eigenvalue weighted by Gasteiger charge is 2.24. The van der Waals surface area contributed by atoms with E-state index in [-0.39, 0.29) is 30.2 Å². The van der Waals surface area contributed by atoms with E-state index < -0.39 is 5.91 Å². The van der Waals surface area contributed by atoms with Crippen molar-refractivity contribution in [3.8, 4) is 28.6 Å². The number of amides is 1. The molecule has 2 N–H and O–H groups in total. The Morgan fingerprint density at radius 1 is 1.09 bits per heavy atom.